The molecule has 0 unspecified atom stereocenters. The lowest BCUT2D eigenvalue weighted by atomic mass is 10.1. The van der Waals surface area contributed by atoms with Gasteiger partial charge in [-0.2, -0.15) is 13.2 Å². The zero-order chi connectivity index (χ0) is 13.2. The van der Waals surface area contributed by atoms with E-state index in [1.54, 1.807) is 5.32 Å². The smallest absolute Gasteiger partial charge is 0.335 e. The Labute approximate surface area is 102 Å². The fraction of sp³-hybridized carbons (Fsp3) is 0.417. The first-order chi connectivity index (χ1) is 8.44. The van der Waals surface area contributed by atoms with Crippen LogP contribution in [-0.4, -0.2) is 24.8 Å². The molecular formula is C12H13F3N2O. The summed E-state index contributed by atoms with van der Waals surface area (Å²) in [6.07, 6.45) is -3.05. The molecular weight excluding hydrogens is 245 g/mol. The average Bonchev–Trinajstić information content (AvgIpc) is 2.67. The fourth-order valence-corrected chi connectivity index (χ4v) is 2.08. The predicted octanol–water partition coefficient (Wildman–Crippen LogP) is 2.02. The van der Waals surface area contributed by atoms with Gasteiger partial charge in [0.1, 0.15) is 6.54 Å². The van der Waals surface area contributed by atoms with Gasteiger partial charge in [-0.05, 0) is 24.0 Å². The van der Waals surface area contributed by atoms with Gasteiger partial charge >= 0.3 is 12.2 Å². The number of carbonyl (C=O) groups excluding carboxylic acids is 1. The first-order valence-corrected chi connectivity index (χ1v) is 5.62. The quantitative estimate of drug-likeness (QED) is 0.837. The highest BCUT2D eigenvalue weighted by Gasteiger charge is 2.28. The summed E-state index contributed by atoms with van der Waals surface area (Å²) < 4.78 is 35.7. The van der Waals surface area contributed by atoms with Crippen LogP contribution in [0, 0.1) is 0 Å². The number of hydrogen-bond acceptors (Lipinski definition) is 1. The third-order valence-corrected chi connectivity index (χ3v) is 2.84. The zero-order valence-corrected chi connectivity index (χ0v) is 9.55. The standard InChI is InChI=1S/C12H13F3N2O/c13-12(14,15)7-16-11(18)17-10-5-8-3-1-2-4-9(8)6-10/h1-4,10H,5-7H2,(H2,16,17,18). The Hall–Kier alpha value is -1.72. The van der Waals surface area contributed by atoms with Gasteiger partial charge in [-0.1, -0.05) is 24.3 Å². The summed E-state index contributed by atoms with van der Waals surface area (Å²) in [6, 6.07) is 6.84. The Balaban J connectivity index is 1.81. The maximum absolute atomic E-state index is 11.9. The maximum atomic E-state index is 11.9. The molecule has 0 atom stereocenters. The topological polar surface area (TPSA) is 41.1 Å². The van der Waals surface area contributed by atoms with Crippen LogP contribution in [0.1, 0.15) is 11.1 Å². The lowest BCUT2D eigenvalue weighted by Crippen LogP contribution is -2.45. The third-order valence-electron chi connectivity index (χ3n) is 2.84. The van der Waals surface area contributed by atoms with Crippen LogP contribution >= 0.6 is 0 Å². The van der Waals surface area contributed by atoms with Crippen molar-refractivity contribution in [3.05, 3.63) is 35.4 Å². The number of benzene rings is 1. The van der Waals surface area contributed by atoms with Crippen molar-refractivity contribution in [3.63, 3.8) is 0 Å². The molecule has 1 aromatic rings. The summed E-state index contributed by atoms with van der Waals surface area (Å²) in [6.45, 7) is -1.31. The van der Waals surface area contributed by atoms with Crippen LogP contribution in [0.3, 0.4) is 0 Å². The summed E-state index contributed by atoms with van der Waals surface area (Å²) >= 11 is 0. The average molecular weight is 258 g/mol. The monoisotopic (exact) mass is 258 g/mol. The number of alkyl halides is 3. The van der Waals surface area contributed by atoms with Crippen LogP contribution in [0.2, 0.25) is 0 Å². The highest BCUT2D eigenvalue weighted by Crippen LogP contribution is 2.21. The van der Waals surface area contributed by atoms with E-state index >= 15 is 0 Å². The molecule has 0 aliphatic heterocycles. The van der Waals surface area contributed by atoms with Crippen molar-refractivity contribution in [2.45, 2.75) is 25.1 Å². The summed E-state index contributed by atoms with van der Waals surface area (Å²) in [4.78, 5) is 11.3. The molecule has 98 valence electrons. The van der Waals surface area contributed by atoms with Gasteiger partial charge in [0.05, 0.1) is 0 Å². The van der Waals surface area contributed by atoms with Gasteiger partial charge in [0.15, 0.2) is 0 Å². The Morgan fingerprint density at radius 2 is 1.78 bits per heavy atom. The summed E-state index contributed by atoms with van der Waals surface area (Å²) in [5.41, 5.74) is 2.28. The van der Waals surface area contributed by atoms with Crippen LogP contribution in [0.25, 0.3) is 0 Å². The van der Waals surface area contributed by atoms with E-state index in [-0.39, 0.29) is 6.04 Å². The van der Waals surface area contributed by atoms with E-state index < -0.39 is 18.8 Å². The number of urea groups is 1. The van der Waals surface area contributed by atoms with Crippen LogP contribution in [0.5, 0.6) is 0 Å². The molecule has 6 heteroatoms. The van der Waals surface area contributed by atoms with Crippen molar-refractivity contribution in [2.24, 2.45) is 0 Å². The first-order valence-electron chi connectivity index (χ1n) is 5.62. The second-order valence-electron chi connectivity index (χ2n) is 4.32. The lowest BCUT2D eigenvalue weighted by molar-refractivity contribution is -0.122. The van der Waals surface area contributed by atoms with Crippen LogP contribution in [-0.2, 0) is 12.8 Å². The van der Waals surface area contributed by atoms with Gasteiger partial charge < -0.3 is 10.6 Å². The Morgan fingerprint density at radius 1 is 1.22 bits per heavy atom. The van der Waals surface area contributed by atoms with Crippen LogP contribution in [0.15, 0.2) is 24.3 Å². The van der Waals surface area contributed by atoms with Gasteiger partial charge in [-0.3, -0.25) is 0 Å². The molecule has 2 amide bonds. The van der Waals surface area contributed by atoms with Crippen molar-refractivity contribution in [1.82, 2.24) is 10.6 Å². The molecule has 0 heterocycles. The summed E-state index contributed by atoms with van der Waals surface area (Å²) in [5.74, 6) is 0. The minimum absolute atomic E-state index is 0.129. The van der Waals surface area contributed by atoms with Crippen molar-refractivity contribution in [1.29, 1.82) is 0 Å². The number of fused-ring (bicyclic) bond motifs is 1. The zero-order valence-electron chi connectivity index (χ0n) is 9.55. The molecule has 0 fully saturated rings. The molecule has 0 saturated carbocycles. The number of amides is 2. The van der Waals surface area contributed by atoms with E-state index in [1.165, 1.54) is 0 Å². The fourth-order valence-electron chi connectivity index (χ4n) is 2.08. The van der Waals surface area contributed by atoms with E-state index in [2.05, 4.69) is 5.32 Å². The number of nitrogens with one attached hydrogen (secondary N) is 2. The van der Waals surface area contributed by atoms with Crippen molar-refractivity contribution in [2.75, 3.05) is 6.54 Å². The van der Waals surface area contributed by atoms with Crippen LogP contribution < -0.4 is 10.6 Å². The third kappa shape index (κ3) is 3.38. The molecule has 2 N–H and O–H groups in total. The van der Waals surface area contributed by atoms with Gasteiger partial charge in [-0.25, -0.2) is 4.79 Å². The molecule has 0 radical (unpaired) electrons. The predicted molar refractivity (Wildman–Crippen MR) is 60.2 cm³/mol. The number of carbonyl (C=O) groups is 1. The Kier molecular flexibility index (Phi) is 3.45. The Morgan fingerprint density at radius 3 is 2.28 bits per heavy atom. The highest BCUT2D eigenvalue weighted by molar-refractivity contribution is 5.74. The normalized spacial score (nSPS) is 15.3. The molecule has 18 heavy (non-hydrogen) atoms. The van der Waals surface area contributed by atoms with E-state index in [9.17, 15) is 18.0 Å². The van der Waals surface area contributed by atoms with Gasteiger partial charge in [0, 0.05) is 6.04 Å². The van der Waals surface area contributed by atoms with E-state index in [1.807, 2.05) is 24.3 Å². The molecule has 2 rings (SSSR count). The minimum Gasteiger partial charge on any atom is -0.335 e. The summed E-state index contributed by atoms with van der Waals surface area (Å²) in [7, 11) is 0. The molecule has 3 nitrogen and oxygen atoms in total. The van der Waals surface area contributed by atoms with Gasteiger partial charge in [0.25, 0.3) is 0 Å². The Bertz CT molecular complexity index is 420. The summed E-state index contributed by atoms with van der Waals surface area (Å²) in [5, 5.41) is 4.35. The molecule has 1 aromatic carbocycles. The highest BCUT2D eigenvalue weighted by atomic mass is 19.4. The maximum Gasteiger partial charge on any atom is 0.405 e. The van der Waals surface area contributed by atoms with Gasteiger partial charge in [-0.15, -0.1) is 0 Å². The number of rotatable bonds is 2. The second kappa shape index (κ2) is 4.88. The van der Waals surface area contributed by atoms with E-state index in [0.717, 1.165) is 11.1 Å². The molecule has 0 saturated heterocycles. The largest absolute Gasteiger partial charge is 0.405 e. The van der Waals surface area contributed by atoms with Crippen molar-refractivity contribution >= 4 is 6.03 Å². The minimum atomic E-state index is -4.38. The SMILES string of the molecule is O=C(NCC(F)(F)F)NC1Cc2ccccc2C1. The lowest BCUT2D eigenvalue weighted by Gasteiger charge is -2.14. The molecule has 0 bridgehead atoms. The van der Waals surface area contributed by atoms with E-state index in [4.69, 9.17) is 0 Å². The van der Waals surface area contributed by atoms with E-state index in [0.29, 0.717) is 12.8 Å². The van der Waals surface area contributed by atoms with Crippen LogP contribution in [0.4, 0.5) is 18.0 Å². The second-order valence-corrected chi connectivity index (χ2v) is 4.32. The molecule has 1 aliphatic rings. The molecule has 1 aliphatic carbocycles. The van der Waals surface area contributed by atoms with Gasteiger partial charge in [0.2, 0.25) is 0 Å². The number of halogens is 3. The molecule has 0 aromatic heterocycles. The molecule has 0 spiro atoms. The number of hydrogen-bond donors (Lipinski definition) is 2. The van der Waals surface area contributed by atoms with Crippen molar-refractivity contribution in [3.8, 4) is 0 Å². The first kappa shape index (κ1) is 12.7. The van der Waals surface area contributed by atoms with Crippen molar-refractivity contribution < 1.29 is 18.0 Å².